The van der Waals surface area contributed by atoms with E-state index in [1.54, 1.807) is 6.07 Å². The maximum atomic E-state index is 10.9. The summed E-state index contributed by atoms with van der Waals surface area (Å²) in [5.74, 6) is -0.270. The predicted molar refractivity (Wildman–Crippen MR) is 68.1 cm³/mol. The normalized spacial score (nSPS) is 20.5. The molecule has 0 amide bonds. The van der Waals surface area contributed by atoms with E-state index in [0.29, 0.717) is 0 Å². The van der Waals surface area contributed by atoms with E-state index in [-0.39, 0.29) is 11.8 Å². The molecule has 1 aliphatic heterocycles. The zero-order chi connectivity index (χ0) is 13.0. The molecular weight excluding hydrogens is 232 g/mol. The van der Waals surface area contributed by atoms with Crippen molar-refractivity contribution in [1.29, 1.82) is 0 Å². The molecule has 98 valence electrons. The average Bonchev–Trinajstić information content (AvgIpc) is 2.64. The summed E-state index contributed by atoms with van der Waals surface area (Å²) >= 11 is 0. The van der Waals surface area contributed by atoms with Crippen molar-refractivity contribution < 1.29 is 14.6 Å². The lowest BCUT2D eigenvalue weighted by atomic mass is 10.2. The Hall–Kier alpha value is -1.62. The Bertz CT molecular complexity index is 422. The van der Waals surface area contributed by atoms with Gasteiger partial charge in [-0.05, 0) is 25.0 Å². The molecule has 1 unspecified atom stereocenters. The van der Waals surface area contributed by atoms with Gasteiger partial charge in [0.15, 0.2) is 5.69 Å². The topological polar surface area (TPSA) is 62.7 Å². The van der Waals surface area contributed by atoms with Crippen molar-refractivity contribution in [1.82, 2.24) is 4.98 Å². The molecule has 0 saturated carbocycles. The first kappa shape index (κ1) is 12.8. The molecule has 2 rings (SSSR count). The summed E-state index contributed by atoms with van der Waals surface area (Å²) in [5.41, 5.74) is 0.0886. The lowest BCUT2D eigenvalue weighted by molar-refractivity contribution is 0.0664. The van der Waals surface area contributed by atoms with Crippen LogP contribution >= 0.6 is 0 Å². The minimum Gasteiger partial charge on any atom is -0.477 e. The van der Waals surface area contributed by atoms with E-state index in [9.17, 15) is 4.79 Å². The number of carbonyl (C=O) groups is 1. The first-order valence-electron chi connectivity index (χ1n) is 6.27. The van der Waals surface area contributed by atoms with Gasteiger partial charge in [-0.3, -0.25) is 0 Å². The summed E-state index contributed by atoms with van der Waals surface area (Å²) in [6.45, 7) is 4.47. The Kier molecular flexibility index (Phi) is 4.15. The van der Waals surface area contributed by atoms with E-state index >= 15 is 0 Å². The molecule has 1 aliphatic rings. The van der Waals surface area contributed by atoms with Gasteiger partial charge < -0.3 is 14.7 Å². The first-order valence-corrected chi connectivity index (χ1v) is 6.27. The van der Waals surface area contributed by atoms with E-state index < -0.39 is 5.97 Å². The lowest BCUT2D eigenvalue weighted by Gasteiger charge is -2.24. The molecule has 1 N–H and O–H groups in total. The molecule has 0 radical (unpaired) electrons. The maximum absolute atomic E-state index is 10.9. The van der Waals surface area contributed by atoms with Crippen molar-refractivity contribution in [3.05, 3.63) is 23.9 Å². The number of rotatable bonds is 3. The Morgan fingerprint density at radius 1 is 1.61 bits per heavy atom. The number of pyridine rings is 1. The van der Waals surface area contributed by atoms with Gasteiger partial charge >= 0.3 is 5.97 Å². The third-order valence-electron chi connectivity index (χ3n) is 3.08. The summed E-state index contributed by atoms with van der Waals surface area (Å²) in [4.78, 5) is 17.2. The number of aromatic carboxylic acids is 1. The number of nitrogens with zero attached hydrogens (tertiary/aromatic N) is 2. The minimum absolute atomic E-state index is 0.0886. The number of ether oxygens (including phenoxy) is 1. The van der Waals surface area contributed by atoms with Crippen molar-refractivity contribution in [2.24, 2.45) is 0 Å². The summed E-state index contributed by atoms with van der Waals surface area (Å²) in [7, 11) is 0. The number of hydrogen-bond donors (Lipinski definition) is 1. The maximum Gasteiger partial charge on any atom is 0.354 e. The lowest BCUT2D eigenvalue weighted by Crippen LogP contribution is -2.32. The van der Waals surface area contributed by atoms with E-state index in [2.05, 4.69) is 16.8 Å². The van der Waals surface area contributed by atoms with Crippen LogP contribution in [0.1, 0.15) is 30.3 Å². The second kappa shape index (κ2) is 5.82. The van der Waals surface area contributed by atoms with Crippen LogP contribution in [0.4, 0.5) is 5.82 Å². The van der Waals surface area contributed by atoms with Crippen molar-refractivity contribution >= 4 is 11.8 Å². The van der Waals surface area contributed by atoms with E-state index in [0.717, 1.165) is 38.4 Å². The fourth-order valence-corrected chi connectivity index (χ4v) is 2.07. The fourth-order valence-electron chi connectivity index (χ4n) is 2.07. The Labute approximate surface area is 106 Å². The number of carboxylic acids is 1. The van der Waals surface area contributed by atoms with E-state index in [1.807, 2.05) is 6.07 Å². The Morgan fingerprint density at radius 2 is 2.44 bits per heavy atom. The van der Waals surface area contributed by atoms with Crippen LogP contribution in [-0.4, -0.2) is 41.9 Å². The van der Waals surface area contributed by atoms with Crippen LogP contribution in [-0.2, 0) is 4.74 Å². The second-order valence-corrected chi connectivity index (χ2v) is 4.39. The number of carboxylic acid groups (broad SMARTS) is 1. The number of anilines is 1. The molecule has 0 aliphatic carbocycles. The molecule has 0 spiro atoms. The van der Waals surface area contributed by atoms with Gasteiger partial charge in [-0.15, -0.1) is 0 Å². The smallest absolute Gasteiger partial charge is 0.354 e. The van der Waals surface area contributed by atoms with Gasteiger partial charge in [-0.1, -0.05) is 13.0 Å². The Morgan fingerprint density at radius 3 is 3.17 bits per heavy atom. The second-order valence-electron chi connectivity index (χ2n) is 4.39. The Balaban J connectivity index is 2.18. The van der Waals surface area contributed by atoms with E-state index in [4.69, 9.17) is 9.84 Å². The largest absolute Gasteiger partial charge is 0.477 e. The number of hydrogen-bond acceptors (Lipinski definition) is 4. The van der Waals surface area contributed by atoms with Crippen LogP contribution in [0.25, 0.3) is 0 Å². The molecule has 1 fully saturated rings. The molecule has 1 atom stereocenters. The summed E-state index contributed by atoms with van der Waals surface area (Å²) in [5, 5.41) is 8.96. The molecule has 5 heteroatoms. The molecule has 1 aromatic heterocycles. The van der Waals surface area contributed by atoms with Crippen LogP contribution in [0.2, 0.25) is 0 Å². The van der Waals surface area contributed by atoms with Crippen molar-refractivity contribution in [3.63, 3.8) is 0 Å². The molecule has 18 heavy (non-hydrogen) atoms. The van der Waals surface area contributed by atoms with Crippen LogP contribution in [0, 0.1) is 0 Å². The monoisotopic (exact) mass is 250 g/mol. The van der Waals surface area contributed by atoms with Gasteiger partial charge in [-0.2, -0.15) is 0 Å². The fraction of sp³-hybridized carbons (Fsp3) is 0.538. The van der Waals surface area contributed by atoms with Crippen LogP contribution in [0.15, 0.2) is 18.2 Å². The summed E-state index contributed by atoms with van der Waals surface area (Å²) < 4.78 is 5.70. The molecule has 2 heterocycles. The molecular formula is C13H18N2O3. The third kappa shape index (κ3) is 2.98. The van der Waals surface area contributed by atoms with Gasteiger partial charge in [-0.25, -0.2) is 9.78 Å². The van der Waals surface area contributed by atoms with Gasteiger partial charge in [0.05, 0.1) is 6.10 Å². The van der Waals surface area contributed by atoms with Crippen molar-refractivity contribution in [2.45, 2.75) is 25.9 Å². The number of aromatic nitrogens is 1. The third-order valence-corrected chi connectivity index (χ3v) is 3.08. The predicted octanol–water partition coefficient (Wildman–Crippen LogP) is 1.79. The summed E-state index contributed by atoms with van der Waals surface area (Å²) in [6, 6.07) is 5.10. The molecule has 1 saturated heterocycles. The van der Waals surface area contributed by atoms with E-state index in [1.165, 1.54) is 6.07 Å². The zero-order valence-corrected chi connectivity index (χ0v) is 10.5. The van der Waals surface area contributed by atoms with Crippen molar-refractivity contribution in [2.75, 3.05) is 24.6 Å². The standard InChI is InChI=1S/C13H18N2O3/c1-2-10-9-15(7-4-8-18-10)12-6-3-5-11(14-12)13(16)17/h3,5-6,10H,2,4,7-9H2,1H3,(H,16,17). The van der Waals surface area contributed by atoms with Crippen molar-refractivity contribution in [3.8, 4) is 0 Å². The van der Waals surface area contributed by atoms with Gasteiger partial charge in [0.1, 0.15) is 5.82 Å². The molecule has 0 aromatic carbocycles. The highest BCUT2D eigenvalue weighted by Crippen LogP contribution is 2.17. The van der Waals surface area contributed by atoms with Crippen LogP contribution in [0.5, 0.6) is 0 Å². The molecule has 1 aromatic rings. The van der Waals surface area contributed by atoms with Crippen LogP contribution in [0.3, 0.4) is 0 Å². The highest BCUT2D eigenvalue weighted by Gasteiger charge is 2.19. The summed E-state index contributed by atoms with van der Waals surface area (Å²) in [6.07, 6.45) is 2.09. The molecule has 5 nitrogen and oxygen atoms in total. The quantitative estimate of drug-likeness (QED) is 0.886. The minimum atomic E-state index is -0.991. The van der Waals surface area contributed by atoms with Crippen LogP contribution < -0.4 is 4.90 Å². The zero-order valence-electron chi connectivity index (χ0n) is 10.5. The highest BCUT2D eigenvalue weighted by molar-refractivity contribution is 5.85. The highest BCUT2D eigenvalue weighted by atomic mass is 16.5. The first-order chi connectivity index (χ1) is 8.70. The van der Waals surface area contributed by atoms with Gasteiger partial charge in [0, 0.05) is 19.7 Å². The van der Waals surface area contributed by atoms with Gasteiger partial charge in [0.2, 0.25) is 0 Å². The molecule has 0 bridgehead atoms. The average molecular weight is 250 g/mol. The SMILES string of the molecule is CCC1CN(c2cccc(C(=O)O)n2)CCCO1. The van der Waals surface area contributed by atoms with Gasteiger partial charge in [0.25, 0.3) is 0 Å².